The van der Waals surface area contributed by atoms with Gasteiger partial charge in [0.15, 0.2) is 0 Å². The monoisotopic (exact) mass is 255 g/mol. The van der Waals surface area contributed by atoms with Crippen LogP contribution in [0.1, 0.15) is 29.9 Å². The summed E-state index contributed by atoms with van der Waals surface area (Å²) in [6.07, 6.45) is 4.53. The topological polar surface area (TPSA) is 42.2 Å². The number of fused-ring (bicyclic) bond motifs is 1. The first-order valence-corrected chi connectivity index (χ1v) is 7.03. The number of rotatable bonds is 2. The number of hydrogen-bond acceptors (Lipinski definition) is 3. The fourth-order valence-corrected chi connectivity index (χ4v) is 2.89. The summed E-state index contributed by atoms with van der Waals surface area (Å²) in [5.74, 6) is 0.662. The molecule has 1 aliphatic heterocycles. The molecule has 3 rings (SSSR count). The number of nitrogens with two attached hydrogens (primary N) is 1. The van der Waals surface area contributed by atoms with E-state index in [1.54, 1.807) is 0 Å². The van der Waals surface area contributed by atoms with Crippen LogP contribution in [-0.2, 0) is 6.54 Å². The summed E-state index contributed by atoms with van der Waals surface area (Å²) in [6.45, 7) is 2.96. The van der Waals surface area contributed by atoms with Gasteiger partial charge in [0, 0.05) is 18.1 Å². The molecule has 0 bridgehead atoms. The minimum atomic E-state index is 0.592. The minimum Gasteiger partial charge on any atom is -0.326 e. The molecule has 1 saturated heterocycles. The Bertz CT molecular complexity index is 571. The Morgan fingerprint density at radius 2 is 2.05 bits per heavy atom. The molecule has 2 N–H and O–H groups in total. The zero-order chi connectivity index (χ0) is 13.2. The first kappa shape index (κ1) is 12.6. The lowest BCUT2D eigenvalue weighted by Crippen LogP contribution is -2.29. The van der Waals surface area contributed by atoms with Crippen LogP contribution in [-0.4, -0.2) is 30.0 Å². The highest BCUT2D eigenvalue weighted by molar-refractivity contribution is 5.79. The van der Waals surface area contributed by atoms with Gasteiger partial charge >= 0.3 is 0 Å². The second kappa shape index (κ2) is 5.27. The van der Waals surface area contributed by atoms with Crippen LogP contribution in [0.5, 0.6) is 0 Å². The van der Waals surface area contributed by atoms with Crippen molar-refractivity contribution in [3.05, 3.63) is 41.6 Å². The van der Waals surface area contributed by atoms with Gasteiger partial charge in [0.05, 0.1) is 5.52 Å². The second-order valence-electron chi connectivity index (χ2n) is 5.58. The third kappa shape index (κ3) is 2.62. The fraction of sp³-hybridized carbons (Fsp3) is 0.438. The molecule has 0 unspecified atom stereocenters. The van der Waals surface area contributed by atoms with E-state index in [4.69, 9.17) is 5.73 Å². The molecule has 0 atom stereocenters. The van der Waals surface area contributed by atoms with E-state index in [9.17, 15) is 0 Å². The van der Waals surface area contributed by atoms with E-state index in [2.05, 4.69) is 47.4 Å². The van der Waals surface area contributed by atoms with Crippen molar-refractivity contribution >= 4 is 10.9 Å². The van der Waals surface area contributed by atoms with Crippen LogP contribution in [0.15, 0.2) is 30.5 Å². The number of hydrogen-bond donors (Lipinski definition) is 1. The number of benzene rings is 1. The van der Waals surface area contributed by atoms with Crippen LogP contribution in [0.4, 0.5) is 0 Å². The highest BCUT2D eigenvalue weighted by Crippen LogP contribution is 2.29. The Balaban J connectivity index is 1.91. The van der Waals surface area contributed by atoms with E-state index in [0.29, 0.717) is 12.5 Å². The van der Waals surface area contributed by atoms with Crippen molar-refractivity contribution in [2.45, 2.75) is 25.3 Å². The molecule has 1 aromatic heterocycles. The van der Waals surface area contributed by atoms with Crippen molar-refractivity contribution in [2.24, 2.45) is 5.73 Å². The summed E-state index contributed by atoms with van der Waals surface area (Å²) in [5.41, 5.74) is 9.33. The van der Waals surface area contributed by atoms with Crippen molar-refractivity contribution in [1.29, 1.82) is 0 Å². The van der Waals surface area contributed by atoms with E-state index < -0.39 is 0 Å². The Hall–Kier alpha value is -1.45. The van der Waals surface area contributed by atoms with Gasteiger partial charge in [-0.05, 0) is 68.2 Å². The lowest BCUT2D eigenvalue weighted by atomic mass is 9.90. The quantitative estimate of drug-likeness (QED) is 0.896. The summed E-state index contributed by atoms with van der Waals surface area (Å²) in [4.78, 5) is 7.00. The molecule has 1 fully saturated rings. The van der Waals surface area contributed by atoms with Crippen molar-refractivity contribution < 1.29 is 0 Å². The molecular weight excluding hydrogens is 234 g/mol. The van der Waals surface area contributed by atoms with Gasteiger partial charge in [-0.15, -0.1) is 0 Å². The third-order valence-electron chi connectivity index (χ3n) is 4.19. The normalized spacial score (nSPS) is 18.0. The predicted molar refractivity (Wildman–Crippen MR) is 79.1 cm³/mol. The van der Waals surface area contributed by atoms with Crippen LogP contribution in [0.2, 0.25) is 0 Å². The number of likely N-dealkylation sites (tertiary alicyclic amines) is 1. The lowest BCUT2D eigenvalue weighted by molar-refractivity contribution is 0.255. The Morgan fingerprint density at radius 1 is 1.26 bits per heavy atom. The molecule has 2 aromatic rings. The van der Waals surface area contributed by atoms with Crippen molar-refractivity contribution in [3.63, 3.8) is 0 Å². The average Bonchev–Trinajstić information content (AvgIpc) is 2.47. The maximum atomic E-state index is 5.71. The molecule has 0 amide bonds. The van der Waals surface area contributed by atoms with Gasteiger partial charge in [-0.2, -0.15) is 0 Å². The minimum absolute atomic E-state index is 0.592. The molecule has 19 heavy (non-hydrogen) atoms. The average molecular weight is 255 g/mol. The van der Waals surface area contributed by atoms with Crippen LogP contribution in [0.25, 0.3) is 10.9 Å². The molecule has 100 valence electrons. The van der Waals surface area contributed by atoms with Gasteiger partial charge in [0.25, 0.3) is 0 Å². The SMILES string of the molecule is CN1CCC(c2cnc3ccc(CN)cc3c2)CC1. The summed E-state index contributed by atoms with van der Waals surface area (Å²) in [5, 5.41) is 1.22. The molecule has 1 aromatic carbocycles. The summed E-state index contributed by atoms with van der Waals surface area (Å²) >= 11 is 0. The van der Waals surface area contributed by atoms with E-state index in [1.165, 1.54) is 42.4 Å². The molecule has 0 saturated carbocycles. The van der Waals surface area contributed by atoms with Gasteiger partial charge in [0.1, 0.15) is 0 Å². The molecule has 0 spiro atoms. The lowest BCUT2D eigenvalue weighted by Gasteiger charge is -2.29. The van der Waals surface area contributed by atoms with E-state index >= 15 is 0 Å². The molecule has 2 heterocycles. The van der Waals surface area contributed by atoms with E-state index in [-0.39, 0.29) is 0 Å². The fourth-order valence-electron chi connectivity index (χ4n) is 2.89. The van der Waals surface area contributed by atoms with Gasteiger partial charge < -0.3 is 10.6 Å². The Morgan fingerprint density at radius 3 is 2.79 bits per heavy atom. The third-order valence-corrected chi connectivity index (χ3v) is 4.19. The van der Waals surface area contributed by atoms with Crippen molar-refractivity contribution in [3.8, 4) is 0 Å². The zero-order valence-corrected chi connectivity index (χ0v) is 11.5. The first-order valence-electron chi connectivity index (χ1n) is 7.03. The summed E-state index contributed by atoms with van der Waals surface area (Å²) < 4.78 is 0. The van der Waals surface area contributed by atoms with E-state index in [1.807, 2.05) is 0 Å². The summed E-state index contributed by atoms with van der Waals surface area (Å²) in [6, 6.07) is 8.60. The van der Waals surface area contributed by atoms with E-state index in [0.717, 1.165) is 5.52 Å². The first-order chi connectivity index (χ1) is 9.26. The summed E-state index contributed by atoms with van der Waals surface area (Å²) in [7, 11) is 2.20. The predicted octanol–water partition coefficient (Wildman–Crippen LogP) is 2.50. The van der Waals surface area contributed by atoms with Crippen molar-refractivity contribution in [2.75, 3.05) is 20.1 Å². The Kier molecular flexibility index (Phi) is 3.49. The molecule has 3 nitrogen and oxygen atoms in total. The zero-order valence-electron chi connectivity index (χ0n) is 11.5. The maximum absolute atomic E-state index is 5.71. The second-order valence-corrected chi connectivity index (χ2v) is 5.58. The number of aromatic nitrogens is 1. The van der Waals surface area contributed by atoms with Gasteiger partial charge in [-0.25, -0.2) is 0 Å². The highest BCUT2D eigenvalue weighted by Gasteiger charge is 2.18. The molecule has 3 heteroatoms. The molecular formula is C16H21N3. The van der Waals surface area contributed by atoms with Crippen molar-refractivity contribution in [1.82, 2.24) is 9.88 Å². The molecule has 0 radical (unpaired) electrons. The molecule has 1 aliphatic rings. The highest BCUT2D eigenvalue weighted by atomic mass is 15.1. The van der Waals surface area contributed by atoms with Gasteiger partial charge in [-0.3, -0.25) is 4.98 Å². The van der Waals surface area contributed by atoms with Gasteiger partial charge in [-0.1, -0.05) is 6.07 Å². The van der Waals surface area contributed by atoms with Crippen LogP contribution >= 0.6 is 0 Å². The number of nitrogens with zero attached hydrogens (tertiary/aromatic N) is 2. The smallest absolute Gasteiger partial charge is 0.0702 e. The number of pyridine rings is 1. The van der Waals surface area contributed by atoms with Gasteiger partial charge in [0.2, 0.25) is 0 Å². The largest absolute Gasteiger partial charge is 0.326 e. The van der Waals surface area contributed by atoms with Crippen LogP contribution in [0, 0.1) is 0 Å². The number of piperidine rings is 1. The maximum Gasteiger partial charge on any atom is 0.0702 e. The Labute approximate surface area is 114 Å². The van der Waals surface area contributed by atoms with Crippen LogP contribution < -0.4 is 5.73 Å². The van der Waals surface area contributed by atoms with Crippen LogP contribution in [0.3, 0.4) is 0 Å². The molecule has 0 aliphatic carbocycles. The standard InChI is InChI=1S/C16H21N3/c1-19-6-4-13(5-7-19)15-9-14-8-12(10-17)2-3-16(14)18-11-15/h2-3,8-9,11,13H,4-7,10,17H2,1H3.